The zero-order valence-electron chi connectivity index (χ0n) is 8.57. The van der Waals surface area contributed by atoms with Crippen LogP contribution in [0.25, 0.3) is 0 Å². The lowest BCUT2D eigenvalue weighted by atomic mass is 10.1. The molecule has 2 amide bonds. The Hall–Kier alpha value is -1.77. The third-order valence-electron chi connectivity index (χ3n) is 2.48. The molecule has 1 fully saturated rings. The Morgan fingerprint density at radius 3 is 2.67 bits per heavy atom. The molecule has 1 aliphatic rings. The molecule has 0 saturated carbocycles. The number of hydrogen-bond acceptors (Lipinski definition) is 1. The van der Waals surface area contributed by atoms with Crippen LogP contribution in [0, 0.1) is 0 Å². The summed E-state index contributed by atoms with van der Waals surface area (Å²) in [4.78, 5) is 13.1. The summed E-state index contributed by atoms with van der Waals surface area (Å²) in [5.41, 5.74) is 2.17. The van der Waals surface area contributed by atoms with Crippen molar-refractivity contribution in [3.05, 3.63) is 42.5 Å². The van der Waals surface area contributed by atoms with E-state index in [-0.39, 0.29) is 6.03 Å². The monoisotopic (exact) mass is 202 g/mol. The van der Waals surface area contributed by atoms with E-state index in [0.717, 1.165) is 25.2 Å². The summed E-state index contributed by atoms with van der Waals surface area (Å²) in [5.74, 6) is 0. The molecule has 1 N–H and O–H groups in total. The van der Waals surface area contributed by atoms with Gasteiger partial charge in [0.25, 0.3) is 0 Å². The lowest BCUT2D eigenvalue weighted by molar-refractivity contribution is 0.252. The van der Waals surface area contributed by atoms with E-state index >= 15 is 0 Å². The third kappa shape index (κ3) is 2.01. The second-order valence-corrected chi connectivity index (χ2v) is 3.54. The van der Waals surface area contributed by atoms with E-state index in [0.29, 0.717) is 0 Å². The number of benzene rings is 1. The Morgan fingerprint density at radius 2 is 2.13 bits per heavy atom. The zero-order chi connectivity index (χ0) is 10.7. The van der Waals surface area contributed by atoms with E-state index < -0.39 is 0 Å². The number of carbonyl (C=O) groups is 1. The molecule has 78 valence electrons. The Labute approximate surface area is 89.4 Å². The Kier molecular flexibility index (Phi) is 2.72. The molecule has 1 saturated heterocycles. The van der Waals surface area contributed by atoms with Crippen LogP contribution < -0.4 is 10.2 Å². The number of nitrogens with one attached hydrogen (secondary N) is 1. The molecule has 0 bridgehead atoms. The number of anilines is 1. The van der Waals surface area contributed by atoms with Crippen molar-refractivity contribution in [2.45, 2.75) is 6.42 Å². The van der Waals surface area contributed by atoms with Gasteiger partial charge in [0.1, 0.15) is 0 Å². The highest BCUT2D eigenvalue weighted by atomic mass is 16.2. The van der Waals surface area contributed by atoms with Crippen LogP contribution in [0.5, 0.6) is 0 Å². The van der Waals surface area contributed by atoms with Crippen molar-refractivity contribution >= 4 is 11.7 Å². The first-order valence-electron chi connectivity index (χ1n) is 5.06. The number of allylic oxidation sites excluding steroid dienone is 1. The third-order valence-corrected chi connectivity index (χ3v) is 2.48. The fraction of sp³-hybridized carbons (Fsp3) is 0.250. The molecule has 1 aliphatic heterocycles. The maximum absolute atomic E-state index is 11.4. The smallest absolute Gasteiger partial charge is 0.321 e. The van der Waals surface area contributed by atoms with Gasteiger partial charge in [0.2, 0.25) is 0 Å². The molecule has 3 heteroatoms. The quantitative estimate of drug-likeness (QED) is 0.746. The molecule has 1 aromatic rings. The molecule has 3 nitrogen and oxygen atoms in total. The van der Waals surface area contributed by atoms with Crippen LogP contribution >= 0.6 is 0 Å². The maximum atomic E-state index is 11.4. The number of carbonyl (C=O) groups excluding carboxylic acids is 1. The average molecular weight is 202 g/mol. The molecule has 0 atom stereocenters. The molecule has 1 heterocycles. The van der Waals surface area contributed by atoms with Crippen molar-refractivity contribution in [2.75, 3.05) is 18.0 Å². The second kappa shape index (κ2) is 4.17. The Bertz CT molecular complexity index is 370. The summed E-state index contributed by atoms with van der Waals surface area (Å²) >= 11 is 0. The van der Waals surface area contributed by atoms with Gasteiger partial charge in [-0.3, -0.25) is 4.90 Å². The molecule has 0 aliphatic carbocycles. The normalized spacial score (nSPS) is 15.2. The summed E-state index contributed by atoms with van der Waals surface area (Å²) in [6.07, 6.45) is 2.74. The molecule has 0 spiro atoms. The van der Waals surface area contributed by atoms with Crippen LogP contribution in [0.2, 0.25) is 0 Å². The number of hydrogen-bond donors (Lipinski definition) is 1. The molecule has 0 aromatic heterocycles. The molecule has 0 unspecified atom stereocenters. The predicted octanol–water partition coefficient (Wildman–Crippen LogP) is 1.94. The number of nitrogens with zero attached hydrogens (tertiary/aromatic N) is 1. The van der Waals surface area contributed by atoms with Crippen LogP contribution in [0.15, 0.2) is 36.9 Å². The summed E-state index contributed by atoms with van der Waals surface area (Å²) in [6.45, 7) is 5.17. The Morgan fingerprint density at radius 1 is 1.40 bits per heavy atom. The van der Waals surface area contributed by atoms with Crippen LogP contribution in [-0.4, -0.2) is 19.1 Å². The van der Waals surface area contributed by atoms with Gasteiger partial charge >= 0.3 is 6.03 Å². The lowest BCUT2D eigenvalue weighted by Gasteiger charge is -2.14. The van der Waals surface area contributed by atoms with Crippen LogP contribution in [0.4, 0.5) is 10.5 Å². The fourth-order valence-corrected chi connectivity index (χ4v) is 1.70. The molecular weight excluding hydrogens is 188 g/mol. The van der Waals surface area contributed by atoms with Crippen molar-refractivity contribution in [1.82, 2.24) is 5.32 Å². The highest BCUT2D eigenvalue weighted by Gasteiger charge is 2.20. The van der Waals surface area contributed by atoms with Gasteiger partial charge in [-0.2, -0.15) is 0 Å². The first-order valence-corrected chi connectivity index (χ1v) is 5.06. The van der Waals surface area contributed by atoms with Gasteiger partial charge in [-0.1, -0.05) is 18.2 Å². The van der Waals surface area contributed by atoms with Crippen LogP contribution in [0.1, 0.15) is 5.56 Å². The van der Waals surface area contributed by atoms with E-state index in [9.17, 15) is 4.79 Å². The first-order chi connectivity index (χ1) is 7.31. The minimum atomic E-state index is -0.00790. The summed E-state index contributed by atoms with van der Waals surface area (Å²) in [7, 11) is 0. The van der Waals surface area contributed by atoms with E-state index in [2.05, 4.69) is 11.9 Å². The SMILES string of the molecule is C=CCc1ccc(N2CCNC2=O)cc1. The molecule has 0 radical (unpaired) electrons. The van der Waals surface area contributed by atoms with Gasteiger partial charge < -0.3 is 5.32 Å². The molecule has 1 aromatic carbocycles. The molecule has 2 rings (SSSR count). The predicted molar refractivity (Wildman–Crippen MR) is 61.1 cm³/mol. The Balaban J connectivity index is 2.15. The standard InChI is InChI=1S/C12H14N2O/c1-2-3-10-4-6-11(7-5-10)14-9-8-13-12(14)15/h2,4-7H,1,3,8-9H2,(H,13,15). The topological polar surface area (TPSA) is 32.3 Å². The maximum Gasteiger partial charge on any atom is 0.321 e. The second-order valence-electron chi connectivity index (χ2n) is 3.54. The van der Waals surface area contributed by atoms with Crippen molar-refractivity contribution in [3.63, 3.8) is 0 Å². The van der Waals surface area contributed by atoms with Crippen molar-refractivity contribution in [1.29, 1.82) is 0 Å². The van der Waals surface area contributed by atoms with Gasteiger partial charge in [-0.15, -0.1) is 6.58 Å². The minimum Gasteiger partial charge on any atom is -0.336 e. The summed E-state index contributed by atoms with van der Waals surface area (Å²) in [5, 5.41) is 2.78. The minimum absolute atomic E-state index is 0.00790. The van der Waals surface area contributed by atoms with Gasteiger partial charge in [0.15, 0.2) is 0 Å². The van der Waals surface area contributed by atoms with Crippen molar-refractivity contribution < 1.29 is 4.79 Å². The van der Waals surface area contributed by atoms with Crippen molar-refractivity contribution in [3.8, 4) is 0 Å². The number of rotatable bonds is 3. The summed E-state index contributed by atoms with van der Waals surface area (Å²) < 4.78 is 0. The van der Waals surface area contributed by atoms with E-state index in [1.165, 1.54) is 5.56 Å². The highest BCUT2D eigenvalue weighted by molar-refractivity contribution is 5.93. The van der Waals surface area contributed by atoms with Crippen molar-refractivity contribution in [2.24, 2.45) is 0 Å². The van der Waals surface area contributed by atoms with E-state index in [1.54, 1.807) is 4.90 Å². The molecule has 15 heavy (non-hydrogen) atoms. The van der Waals surface area contributed by atoms with E-state index in [4.69, 9.17) is 0 Å². The highest BCUT2D eigenvalue weighted by Crippen LogP contribution is 2.17. The molecular formula is C12H14N2O. The number of urea groups is 1. The fourth-order valence-electron chi connectivity index (χ4n) is 1.70. The van der Waals surface area contributed by atoms with Gasteiger partial charge in [0.05, 0.1) is 0 Å². The number of amides is 2. The largest absolute Gasteiger partial charge is 0.336 e. The average Bonchev–Trinajstić information content (AvgIpc) is 2.66. The van der Waals surface area contributed by atoms with Gasteiger partial charge in [0, 0.05) is 18.8 Å². The van der Waals surface area contributed by atoms with Crippen LogP contribution in [-0.2, 0) is 6.42 Å². The van der Waals surface area contributed by atoms with E-state index in [1.807, 2.05) is 30.3 Å². The lowest BCUT2D eigenvalue weighted by Crippen LogP contribution is -2.27. The van der Waals surface area contributed by atoms with Gasteiger partial charge in [-0.05, 0) is 24.1 Å². The first kappa shape index (κ1) is 9.77. The summed E-state index contributed by atoms with van der Waals surface area (Å²) in [6, 6.07) is 8.00. The van der Waals surface area contributed by atoms with Gasteiger partial charge in [-0.25, -0.2) is 4.79 Å². The van der Waals surface area contributed by atoms with Crippen LogP contribution in [0.3, 0.4) is 0 Å². The zero-order valence-corrected chi connectivity index (χ0v) is 8.57.